The third-order valence-electron chi connectivity index (χ3n) is 5.78. The highest BCUT2D eigenvalue weighted by Gasteiger charge is 2.30. The summed E-state index contributed by atoms with van der Waals surface area (Å²) in [5, 5.41) is 8.79. The molecule has 0 amide bonds. The van der Waals surface area contributed by atoms with E-state index in [1.54, 1.807) is 36.5 Å². The molecule has 0 saturated heterocycles. The molecule has 0 saturated carbocycles. The van der Waals surface area contributed by atoms with Gasteiger partial charge in [-0.1, -0.05) is 36.4 Å². The maximum atomic E-state index is 13.1. The highest BCUT2D eigenvalue weighted by atomic mass is 32.1. The first-order chi connectivity index (χ1) is 18.1. The Kier molecular flexibility index (Phi) is 8.22. The molecule has 0 radical (unpaired) electrons. The summed E-state index contributed by atoms with van der Waals surface area (Å²) in [5.74, 6) is -0.0671. The molecule has 1 heterocycles. The van der Waals surface area contributed by atoms with Crippen LogP contribution in [0.25, 0.3) is 16.0 Å². The predicted molar refractivity (Wildman–Crippen MR) is 143 cm³/mol. The van der Waals surface area contributed by atoms with Crippen molar-refractivity contribution >= 4 is 22.9 Å². The second-order valence-electron chi connectivity index (χ2n) is 8.60. The summed E-state index contributed by atoms with van der Waals surface area (Å²) in [4.78, 5) is 13.1. The van der Waals surface area contributed by atoms with E-state index in [-0.39, 0.29) is 6.61 Å². The van der Waals surface area contributed by atoms with Gasteiger partial charge in [-0.05, 0) is 90.2 Å². The first-order valence-electron chi connectivity index (χ1n) is 11.7. The van der Waals surface area contributed by atoms with Crippen molar-refractivity contribution in [2.75, 3.05) is 13.2 Å². The Morgan fingerprint density at radius 1 is 0.895 bits per heavy atom. The second kappa shape index (κ2) is 11.6. The number of aliphatic carboxylic acids is 1. The molecule has 4 aromatic rings. The van der Waals surface area contributed by atoms with E-state index in [9.17, 15) is 18.0 Å². The van der Waals surface area contributed by atoms with Gasteiger partial charge >= 0.3 is 12.1 Å². The molecule has 0 atom stereocenters. The van der Waals surface area contributed by atoms with Gasteiger partial charge in [0, 0.05) is 9.75 Å². The summed E-state index contributed by atoms with van der Waals surface area (Å²) >= 11 is 1.69. The molecule has 0 aliphatic carbocycles. The zero-order valence-electron chi connectivity index (χ0n) is 20.7. The lowest BCUT2D eigenvalue weighted by atomic mass is 9.95. The van der Waals surface area contributed by atoms with Crippen molar-refractivity contribution in [1.82, 2.24) is 0 Å². The molecule has 0 fully saturated rings. The third-order valence-corrected chi connectivity index (χ3v) is 6.83. The molecule has 1 N–H and O–H groups in total. The fourth-order valence-corrected chi connectivity index (χ4v) is 4.75. The molecule has 4 nitrogen and oxygen atoms in total. The lowest BCUT2D eigenvalue weighted by Crippen LogP contribution is -2.10. The minimum absolute atomic E-state index is 0.164. The van der Waals surface area contributed by atoms with Crippen LogP contribution in [0.2, 0.25) is 0 Å². The molecule has 0 aliphatic heterocycles. The molecule has 38 heavy (non-hydrogen) atoms. The van der Waals surface area contributed by atoms with Crippen molar-refractivity contribution in [2.24, 2.45) is 0 Å². The van der Waals surface area contributed by atoms with Crippen molar-refractivity contribution in [3.63, 3.8) is 0 Å². The van der Waals surface area contributed by atoms with Crippen LogP contribution in [0.4, 0.5) is 13.2 Å². The van der Waals surface area contributed by atoms with E-state index in [0.29, 0.717) is 17.1 Å². The van der Waals surface area contributed by atoms with Crippen LogP contribution >= 0.6 is 11.3 Å². The number of hydrogen-bond donors (Lipinski definition) is 1. The second-order valence-corrected chi connectivity index (χ2v) is 9.89. The van der Waals surface area contributed by atoms with Gasteiger partial charge in [0.15, 0.2) is 6.61 Å². The number of aryl methyl sites for hydroxylation is 2. The van der Waals surface area contributed by atoms with Crippen LogP contribution in [0.5, 0.6) is 11.5 Å². The van der Waals surface area contributed by atoms with Gasteiger partial charge in [0.05, 0.1) is 5.56 Å². The van der Waals surface area contributed by atoms with Gasteiger partial charge in [-0.2, -0.15) is 13.2 Å². The number of carboxylic acids is 1. The number of halogens is 3. The van der Waals surface area contributed by atoms with Gasteiger partial charge < -0.3 is 14.6 Å². The summed E-state index contributed by atoms with van der Waals surface area (Å²) in [6, 6.07) is 22.1. The molecule has 0 bridgehead atoms. The van der Waals surface area contributed by atoms with Crippen molar-refractivity contribution in [3.8, 4) is 21.9 Å². The monoisotopic (exact) mass is 538 g/mol. The minimum Gasteiger partial charge on any atom is -0.489 e. The Morgan fingerprint density at radius 3 is 2.11 bits per heavy atom. The summed E-state index contributed by atoms with van der Waals surface area (Å²) in [6.45, 7) is 3.55. The molecular weight excluding hydrogens is 513 g/mol. The molecule has 0 aliphatic rings. The number of alkyl halides is 3. The maximum Gasteiger partial charge on any atom is 0.416 e. The van der Waals surface area contributed by atoms with Gasteiger partial charge in [0.25, 0.3) is 0 Å². The maximum absolute atomic E-state index is 13.1. The Balaban J connectivity index is 1.58. The first kappa shape index (κ1) is 27.0. The molecule has 0 unspecified atom stereocenters. The average Bonchev–Trinajstić information content (AvgIpc) is 3.32. The quantitative estimate of drug-likeness (QED) is 0.234. The average molecular weight is 539 g/mol. The molecule has 8 heteroatoms. The SMILES string of the molecule is Cc1ccc(-c2ccc(/C(=C\COc3ccc(OCC(=O)O)c(C)c3)c3ccc(C(F)(F)F)cc3)cc2)s1. The lowest BCUT2D eigenvalue weighted by Gasteiger charge is -2.13. The minimum atomic E-state index is -4.41. The fourth-order valence-electron chi connectivity index (χ4n) is 3.88. The van der Waals surface area contributed by atoms with E-state index in [0.717, 1.165) is 39.3 Å². The van der Waals surface area contributed by atoms with E-state index in [1.165, 1.54) is 17.0 Å². The van der Waals surface area contributed by atoms with Crippen molar-refractivity contribution in [2.45, 2.75) is 20.0 Å². The number of carboxylic acid groups (broad SMARTS) is 1. The van der Waals surface area contributed by atoms with Crippen molar-refractivity contribution in [3.05, 3.63) is 112 Å². The Labute approximate surface area is 222 Å². The van der Waals surface area contributed by atoms with Crippen LogP contribution in [-0.4, -0.2) is 24.3 Å². The van der Waals surface area contributed by atoms with Gasteiger partial charge in [0.1, 0.15) is 18.1 Å². The van der Waals surface area contributed by atoms with Gasteiger partial charge in [-0.15, -0.1) is 11.3 Å². The van der Waals surface area contributed by atoms with E-state index >= 15 is 0 Å². The normalized spacial score (nSPS) is 11.9. The number of ether oxygens (including phenoxy) is 2. The smallest absolute Gasteiger partial charge is 0.416 e. The highest BCUT2D eigenvalue weighted by Crippen LogP contribution is 2.33. The molecule has 196 valence electrons. The van der Waals surface area contributed by atoms with Gasteiger partial charge in [0.2, 0.25) is 0 Å². The summed E-state index contributed by atoms with van der Waals surface area (Å²) < 4.78 is 50.5. The predicted octanol–water partition coefficient (Wildman–Crippen LogP) is 8.02. The Hall–Kier alpha value is -4.04. The van der Waals surface area contributed by atoms with Gasteiger partial charge in [-0.25, -0.2) is 4.79 Å². The molecule has 4 rings (SSSR count). The van der Waals surface area contributed by atoms with E-state index in [1.807, 2.05) is 37.3 Å². The number of benzene rings is 3. The Morgan fingerprint density at radius 2 is 1.55 bits per heavy atom. The first-order valence-corrected chi connectivity index (χ1v) is 12.5. The van der Waals surface area contributed by atoms with Crippen LogP contribution < -0.4 is 9.47 Å². The third kappa shape index (κ3) is 6.83. The van der Waals surface area contributed by atoms with E-state index < -0.39 is 24.3 Å². The van der Waals surface area contributed by atoms with E-state index in [4.69, 9.17) is 14.6 Å². The summed E-state index contributed by atoms with van der Waals surface area (Å²) in [7, 11) is 0. The topological polar surface area (TPSA) is 55.8 Å². The number of hydrogen-bond acceptors (Lipinski definition) is 4. The summed E-state index contributed by atoms with van der Waals surface area (Å²) in [6.07, 6.45) is -2.58. The molecular formula is C30H25F3O4S. The van der Waals surface area contributed by atoms with E-state index in [2.05, 4.69) is 12.1 Å². The van der Waals surface area contributed by atoms with Crippen LogP contribution in [0.1, 0.15) is 27.1 Å². The molecule has 3 aromatic carbocycles. The number of rotatable bonds is 9. The van der Waals surface area contributed by atoms with Crippen LogP contribution in [-0.2, 0) is 11.0 Å². The number of thiophene rings is 1. The van der Waals surface area contributed by atoms with Crippen molar-refractivity contribution < 1.29 is 32.5 Å². The van der Waals surface area contributed by atoms with Crippen LogP contribution in [0.15, 0.2) is 84.9 Å². The van der Waals surface area contributed by atoms with Gasteiger partial charge in [-0.3, -0.25) is 0 Å². The fraction of sp³-hybridized carbons (Fsp3) is 0.167. The zero-order valence-corrected chi connectivity index (χ0v) is 21.5. The highest BCUT2D eigenvalue weighted by molar-refractivity contribution is 7.15. The zero-order chi connectivity index (χ0) is 27.3. The molecule has 1 aromatic heterocycles. The summed E-state index contributed by atoms with van der Waals surface area (Å²) in [5.41, 5.74) is 3.30. The number of carbonyl (C=O) groups is 1. The van der Waals surface area contributed by atoms with Crippen molar-refractivity contribution in [1.29, 1.82) is 0 Å². The lowest BCUT2D eigenvalue weighted by molar-refractivity contribution is -0.139. The van der Waals surface area contributed by atoms with Crippen LogP contribution in [0, 0.1) is 13.8 Å². The standard InChI is InChI=1S/C30H25F3O4S/c1-19-17-25(12-13-27(19)37-18-29(34)35)36-16-15-26(22-8-10-24(11-9-22)30(31,32)33)21-4-6-23(7-5-21)28-14-3-20(2)38-28/h3-15,17H,16,18H2,1-2H3,(H,34,35)/b26-15+. The largest absolute Gasteiger partial charge is 0.489 e. The Bertz CT molecular complexity index is 1440. The molecule has 0 spiro atoms. The van der Waals surface area contributed by atoms with Crippen LogP contribution in [0.3, 0.4) is 0 Å².